The van der Waals surface area contributed by atoms with E-state index in [1.54, 1.807) is 34.6 Å². The molecule has 2 aromatic carbocycles. The van der Waals surface area contributed by atoms with Crippen molar-refractivity contribution in [3.63, 3.8) is 0 Å². The van der Waals surface area contributed by atoms with Crippen LogP contribution in [-0.2, 0) is 14.8 Å². The molecule has 1 amide bonds. The van der Waals surface area contributed by atoms with Crippen LogP contribution in [0.4, 0.5) is 5.69 Å². The number of nitrogens with zero attached hydrogens (tertiary/aromatic N) is 1. The molecule has 0 saturated carbocycles. The van der Waals surface area contributed by atoms with Gasteiger partial charge in [-0.3, -0.25) is 4.79 Å². The predicted octanol–water partition coefficient (Wildman–Crippen LogP) is 5.35. The van der Waals surface area contributed by atoms with E-state index in [2.05, 4.69) is 5.32 Å². The van der Waals surface area contributed by atoms with Gasteiger partial charge in [0.2, 0.25) is 10.0 Å². The number of halogens is 2. The van der Waals surface area contributed by atoms with E-state index in [0.29, 0.717) is 41.0 Å². The number of nitrogens with one attached hydrogen (secondary N) is 1. The third-order valence-electron chi connectivity index (χ3n) is 5.15. The Hall–Kier alpha value is -1.80. The van der Waals surface area contributed by atoms with Gasteiger partial charge in [-0.2, -0.15) is 4.31 Å². The van der Waals surface area contributed by atoms with Gasteiger partial charge in [0.05, 0.1) is 9.92 Å². The molecule has 1 aliphatic rings. The van der Waals surface area contributed by atoms with Crippen LogP contribution in [0.1, 0.15) is 39.0 Å². The van der Waals surface area contributed by atoms with Gasteiger partial charge in [-0.15, -0.1) is 0 Å². The molecule has 31 heavy (non-hydrogen) atoms. The standard InChI is InChI=1S/C22H26Cl2N2O4S/c1-2-20(30-21-15-16(23)7-12-19(21)24)22(27)25-17-8-10-18(11-9-17)31(28,29)26-13-5-3-4-6-14-26/h7-12,15,20H,2-6,13-14H2,1H3,(H,25,27)/t20-/m0/s1. The first-order valence-electron chi connectivity index (χ1n) is 10.3. The fourth-order valence-electron chi connectivity index (χ4n) is 3.41. The molecule has 9 heteroatoms. The summed E-state index contributed by atoms with van der Waals surface area (Å²) < 4.78 is 33.1. The molecule has 1 saturated heterocycles. The molecular formula is C22H26Cl2N2O4S. The molecule has 1 atom stereocenters. The van der Waals surface area contributed by atoms with Gasteiger partial charge in [0.15, 0.2) is 6.10 Å². The van der Waals surface area contributed by atoms with Crippen LogP contribution in [0.2, 0.25) is 10.0 Å². The molecule has 3 rings (SSSR count). The topological polar surface area (TPSA) is 75.7 Å². The van der Waals surface area contributed by atoms with E-state index in [4.69, 9.17) is 27.9 Å². The van der Waals surface area contributed by atoms with Crippen molar-refractivity contribution in [3.05, 3.63) is 52.5 Å². The van der Waals surface area contributed by atoms with Crippen molar-refractivity contribution < 1.29 is 17.9 Å². The van der Waals surface area contributed by atoms with E-state index in [1.807, 2.05) is 6.92 Å². The quantitative estimate of drug-likeness (QED) is 0.574. The zero-order valence-corrected chi connectivity index (χ0v) is 19.6. The van der Waals surface area contributed by atoms with E-state index in [1.165, 1.54) is 12.1 Å². The monoisotopic (exact) mass is 484 g/mol. The Balaban J connectivity index is 1.68. The van der Waals surface area contributed by atoms with Gasteiger partial charge < -0.3 is 10.1 Å². The molecule has 1 N–H and O–H groups in total. The number of rotatable bonds is 7. The Kier molecular flexibility index (Phi) is 8.22. The Morgan fingerprint density at radius 2 is 1.71 bits per heavy atom. The van der Waals surface area contributed by atoms with Crippen LogP contribution in [0.5, 0.6) is 5.75 Å². The Morgan fingerprint density at radius 1 is 1.06 bits per heavy atom. The molecule has 0 bridgehead atoms. The van der Waals surface area contributed by atoms with E-state index in [0.717, 1.165) is 25.7 Å². The minimum Gasteiger partial charge on any atom is -0.479 e. The molecule has 1 heterocycles. The lowest BCUT2D eigenvalue weighted by atomic mass is 10.2. The number of carbonyl (C=O) groups is 1. The predicted molar refractivity (Wildman–Crippen MR) is 123 cm³/mol. The number of carbonyl (C=O) groups excluding carboxylic acids is 1. The van der Waals surface area contributed by atoms with Crippen LogP contribution in [0.15, 0.2) is 47.4 Å². The number of sulfonamides is 1. The molecule has 0 aliphatic carbocycles. The minimum absolute atomic E-state index is 0.224. The van der Waals surface area contributed by atoms with Gasteiger partial charge in [-0.25, -0.2) is 8.42 Å². The molecule has 168 valence electrons. The lowest BCUT2D eigenvalue weighted by Gasteiger charge is -2.20. The number of ether oxygens (including phenoxy) is 1. The highest BCUT2D eigenvalue weighted by atomic mass is 35.5. The van der Waals surface area contributed by atoms with Gasteiger partial charge >= 0.3 is 0 Å². The number of benzene rings is 2. The highest BCUT2D eigenvalue weighted by Gasteiger charge is 2.25. The zero-order valence-electron chi connectivity index (χ0n) is 17.3. The van der Waals surface area contributed by atoms with Crippen LogP contribution >= 0.6 is 23.2 Å². The maximum Gasteiger partial charge on any atom is 0.265 e. The summed E-state index contributed by atoms with van der Waals surface area (Å²) in [5.41, 5.74) is 0.485. The van der Waals surface area contributed by atoms with E-state index >= 15 is 0 Å². The van der Waals surface area contributed by atoms with E-state index < -0.39 is 16.1 Å². The summed E-state index contributed by atoms with van der Waals surface area (Å²) in [7, 11) is -3.53. The average molecular weight is 485 g/mol. The Bertz CT molecular complexity index is 1000. The van der Waals surface area contributed by atoms with Gasteiger partial charge in [0.1, 0.15) is 5.75 Å². The lowest BCUT2D eigenvalue weighted by molar-refractivity contribution is -0.122. The first-order valence-corrected chi connectivity index (χ1v) is 12.5. The average Bonchev–Trinajstić information content (AvgIpc) is 3.05. The van der Waals surface area contributed by atoms with Crippen molar-refractivity contribution in [3.8, 4) is 5.75 Å². The Morgan fingerprint density at radius 3 is 2.32 bits per heavy atom. The smallest absolute Gasteiger partial charge is 0.265 e. The third kappa shape index (κ3) is 6.13. The summed E-state index contributed by atoms with van der Waals surface area (Å²) in [4.78, 5) is 12.9. The maximum absolute atomic E-state index is 12.9. The van der Waals surface area contributed by atoms with Crippen LogP contribution in [0.3, 0.4) is 0 Å². The highest BCUT2D eigenvalue weighted by Crippen LogP contribution is 2.29. The summed E-state index contributed by atoms with van der Waals surface area (Å²) in [5, 5.41) is 3.58. The van der Waals surface area contributed by atoms with E-state index in [9.17, 15) is 13.2 Å². The van der Waals surface area contributed by atoms with Gasteiger partial charge in [0, 0.05) is 29.9 Å². The molecule has 2 aromatic rings. The van der Waals surface area contributed by atoms with Gasteiger partial charge in [-0.1, -0.05) is 43.0 Å². The Labute approximate surface area is 193 Å². The van der Waals surface area contributed by atoms with Crippen molar-refractivity contribution in [1.29, 1.82) is 0 Å². The van der Waals surface area contributed by atoms with Crippen LogP contribution < -0.4 is 10.1 Å². The molecule has 1 aliphatic heterocycles. The van der Waals surface area contributed by atoms with Crippen molar-refractivity contribution >= 4 is 44.8 Å². The molecular weight excluding hydrogens is 459 g/mol. The fraction of sp³-hybridized carbons (Fsp3) is 0.409. The highest BCUT2D eigenvalue weighted by molar-refractivity contribution is 7.89. The normalized spacial score (nSPS) is 16.4. The third-order valence-corrected chi connectivity index (χ3v) is 7.61. The van der Waals surface area contributed by atoms with Crippen LogP contribution in [0, 0.1) is 0 Å². The van der Waals surface area contributed by atoms with E-state index in [-0.39, 0.29) is 10.8 Å². The molecule has 6 nitrogen and oxygen atoms in total. The SMILES string of the molecule is CC[C@H](Oc1cc(Cl)ccc1Cl)C(=O)Nc1ccc(S(=O)(=O)N2CCCCCC2)cc1. The first kappa shape index (κ1) is 23.9. The second-order valence-electron chi connectivity index (χ2n) is 7.42. The van der Waals surface area contributed by atoms with Crippen molar-refractivity contribution in [2.24, 2.45) is 0 Å². The summed E-state index contributed by atoms with van der Waals surface area (Å²) >= 11 is 12.1. The number of hydrogen-bond acceptors (Lipinski definition) is 4. The number of hydrogen-bond donors (Lipinski definition) is 1. The fourth-order valence-corrected chi connectivity index (χ4v) is 5.25. The largest absolute Gasteiger partial charge is 0.479 e. The second kappa shape index (κ2) is 10.7. The summed E-state index contributed by atoms with van der Waals surface area (Å²) in [6.07, 6.45) is 3.49. The number of amides is 1. The van der Waals surface area contributed by atoms with Crippen LogP contribution in [0.25, 0.3) is 0 Å². The lowest BCUT2D eigenvalue weighted by Crippen LogP contribution is -2.33. The minimum atomic E-state index is -3.53. The maximum atomic E-state index is 12.9. The summed E-state index contributed by atoms with van der Waals surface area (Å²) in [5.74, 6) is -0.0308. The van der Waals surface area contributed by atoms with Gasteiger partial charge in [0.25, 0.3) is 5.91 Å². The molecule has 1 fully saturated rings. The van der Waals surface area contributed by atoms with Gasteiger partial charge in [-0.05, 0) is 55.7 Å². The zero-order chi connectivity index (χ0) is 22.4. The first-order chi connectivity index (χ1) is 14.8. The van der Waals surface area contributed by atoms with Crippen molar-refractivity contribution in [2.45, 2.75) is 50.0 Å². The van der Waals surface area contributed by atoms with Crippen molar-refractivity contribution in [1.82, 2.24) is 4.31 Å². The number of anilines is 1. The molecule has 0 unspecified atom stereocenters. The van der Waals surface area contributed by atoms with Crippen LogP contribution in [-0.4, -0.2) is 37.8 Å². The second-order valence-corrected chi connectivity index (χ2v) is 10.2. The molecule has 0 spiro atoms. The summed E-state index contributed by atoms with van der Waals surface area (Å²) in [6, 6.07) is 11.0. The van der Waals surface area contributed by atoms with Crippen molar-refractivity contribution in [2.75, 3.05) is 18.4 Å². The molecule has 0 radical (unpaired) electrons. The molecule has 0 aromatic heterocycles. The summed E-state index contributed by atoms with van der Waals surface area (Å²) in [6.45, 7) is 2.91.